The Morgan fingerprint density at radius 2 is 2.21 bits per heavy atom. The number of hydrogen-bond donors (Lipinski definition) is 1. The molecule has 0 aliphatic carbocycles. The van der Waals surface area contributed by atoms with E-state index in [1.165, 1.54) is 4.90 Å². The lowest BCUT2D eigenvalue weighted by Crippen LogP contribution is -2.34. The van der Waals surface area contributed by atoms with E-state index in [1.807, 2.05) is 12.1 Å². The van der Waals surface area contributed by atoms with Crippen molar-refractivity contribution < 1.29 is 9.90 Å². The van der Waals surface area contributed by atoms with Crippen molar-refractivity contribution in [3.05, 3.63) is 34.3 Å². The summed E-state index contributed by atoms with van der Waals surface area (Å²) in [7, 11) is 0. The van der Waals surface area contributed by atoms with Crippen molar-refractivity contribution in [2.24, 2.45) is 0 Å². The number of benzene rings is 1. The largest absolute Gasteiger partial charge is 0.465 e. The van der Waals surface area contributed by atoms with E-state index in [-0.39, 0.29) is 0 Å². The van der Waals surface area contributed by atoms with Gasteiger partial charge in [-0.25, -0.2) is 4.79 Å². The average Bonchev–Trinajstić information content (AvgIpc) is 2.16. The summed E-state index contributed by atoms with van der Waals surface area (Å²) in [6.07, 6.45) is -0.104. The van der Waals surface area contributed by atoms with Crippen molar-refractivity contribution >= 4 is 17.7 Å². The van der Waals surface area contributed by atoms with E-state index >= 15 is 0 Å². The molecule has 0 radical (unpaired) electrons. The third kappa shape index (κ3) is 1.68. The summed E-state index contributed by atoms with van der Waals surface area (Å²) in [6.45, 7) is 1.03. The molecule has 3 nitrogen and oxygen atoms in total. The summed E-state index contributed by atoms with van der Waals surface area (Å²) in [4.78, 5) is 12.1. The van der Waals surface area contributed by atoms with Crippen molar-refractivity contribution in [3.63, 3.8) is 0 Å². The average molecular weight is 212 g/mol. The van der Waals surface area contributed by atoms with Crippen LogP contribution in [0.5, 0.6) is 0 Å². The van der Waals surface area contributed by atoms with Crippen molar-refractivity contribution in [1.29, 1.82) is 0 Å². The van der Waals surface area contributed by atoms with Crippen LogP contribution in [-0.4, -0.2) is 22.6 Å². The standard InChI is InChI=1S/C10H10ClNO2/c11-9-2-1-8-6-12(10(13)14)4-3-7(8)5-9/h1-2,5H,3-4,6H2,(H,13,14). The predicted molar refractivity (Wildman–Crippen MR) is 53.6 cm³/mol. The lowest BCUT2D eigenvalue weighted by atomic mass is 10.0. The topological polar surface area (TPSA) is 40.5 Å². The molecule has 1 aromatic rings. The normalized spacial score (nSPS) is 15.1. The van der Waals surface area contributed by atoms with Gasteiger partial charge in [-0.2, -0.15) is 0 Å². The number of carboxylic acid groups (broad SMARTS) is 1. The molecule has 4 heteroatoms. The SMILES string of the molecule is O=C(O)N1CCc2cc(Cl)ccc2C1. The van der Waals surface area contributed by atoms with Crippen LogP contribution in [-0.2, 0) is 13.0 Å². The maximum absolute atomic E-state index is 10.7. The monoisotopic (exact) mass is 211 g/mol. The molecule has 1 aliphatic rings. The molecule has 1 amide bonds. The van der Waals surface area contributed by atoms with Crippen LogP contribution < -0.4 is 0 Å². The van der Waals surface area contributed by atoms with Crippen LogP contribution in [0.1, 0.15) is 11.1 Å². The highest BCUT2D eigenvalue weighted by molar-refractivity contribution is 6.30. The van der Waals surface area contributed by atoms with Crippen molar-refractivity contribution in [1.82, 2.24) is 4.90 Å². The Kier molecular flexibility index (Phi) is 2.33. The van der Waals surface area contributed by atoms with E-state index in [0.29, 0.717) is 18.1 Å². The van der Waals surface area contributed by atoms with Gasteiger partial charge < -0.3 is 10.0 Å². The molecule has 0 fully saturated rings. The molecule has 74 valence electrons. The van der Waals surface area contributed by atoms with Gasteiger partial charge in [-0.15, -0.1) is 0 Å². The van der Waals surface area contributed by atoms with Crippen LogP contribution in [0.15, 0.2) is 18.2 Å². The van der Waals surface area contributed by atoms with E-state index in [1.54, 1.807) is 6.07 Å². The third-order valence-corrected chi connectivity index (χ3v) is 2.69. The maximum atomic E-state index is 10.7. The summed E-state index contributed by atoms with van der Waals surface area (Å²) in [5.41, 5.74) is 2.22. The predicted octanol–water partition coefficient (Wildman–Crippen LogP) is 2.38. The molecule has 0 atom stereocenters. The first-order chi connectivity index (χ1) is 6.66. The van der Waals surface area contributed by atoms with Gasteiger partial charge in [0, 0.05) is 18.1 Å². The number of halogens is 1. The lowest BCUT2D eigenvalue weighted by molar-refractivity contribution is 0.140. The zero-order valence-electron chi connectivity index (χ0n) is 7.53. The van der Waals surface area contributed by atoms with Gasteiger partial charge in [-0.1, -0.05) is 17.7 Å². The van der Waals surface area contributed by atoms with Crippen LogP contribution in [0.4, 0.5) is 4.79 Å². The molecule has 0 saturated carbocycles. The second-order valence-corrected chi connectivity index (χ2v) is 3.80. The molecule has 0 unspecified atom stereocenters. The molecule has 0 aromatic heterocycles. The second-order valence-electron chi connectivity index (χ2n) is 3.37. The van der Waals surface area contributed by atoms with Crippen LogP contribution in [0.2, 0.25) is 5.02 Å². The second kappa shape index (κ2) is 3.50. The van der Waals surface area contributed by atoms with E-state index in [4.69, 9.17) is 16.7 Å². The number of hydrogen-bond acceptors (Lipinski definition) is 1. The summed E-state index contributed by atoms with van der Waals surface area (Å²) in [6, 6.07) is 5.61. The summed E-state index contributed by atoms with van der Waals surface area (Å²) in [5, 5.41) is 9.53. The van der Waals surface area contributed by atoms with Crippen LogP contribution >= 0.6 is 11.6 Å². The number of nitrogens with zero attached hydrogens (tertiary/aromatic N) is 1. The molecule has 0 saturated heterocycles. The molecule has 1 heterocycles. The Labute approximate surface area is 86.9 Å². The molecular weight excluding hydrogens is 202 g/mol. The van der Waals surface area contributed by atoms with Gasteiger partial charge in [-0.05, 0) is 29.7 Å². The van der Waals surface area contributed by atoms with Gasteiger partial charge in [0.25, 0.3) is 0 Å². The van der Waals surface area contributed by atoms with Crippen LogP contribution in [0.3, 0.4) is 0 Å². The Balaban J connectivity index is 2.27. The summed E-state index contributed by atoms with van der Waals surface area (Å²) in [5.74, 6) is 0. The summed E-state index contributed by atoms with van der Waals surface area (Å²) < 4.78 is 0. The number of fused-ring (bicyclic) bond motifs is 1. The minimum atomic E-state index is -0.856. The highest BCUT2D eigenvalue weighted by atomic mass is 35.5. The Morgan fingerprint density at radius 3 is 2.93 bits per heavy atom. The first-order valence-corrected chi connectivity index (χ1v) is 4.80. The van der Waals surface area contributed by atoms with Gasteiger partial charge in [0.05, 0.1) is 0 Å². The Hall–Kier alpha value is -1.22. The van der Waals surface area contributed by atoms with E-state index in [2.05, 4.69) is 0 Å². The fourth-order valence-electron chi connectivity index (χ4n) is 1.68. The first-order valence-electron chi connectivity index (χ1n) is 4.42. The molecule has 1 aromatic carbocycles. The van der Waals surface area contributed by atoms with Crippen molar-refractivity contribution in [3.8, 4) is 0 Å². The highest BCUT2D eigenvalue weighted by Gasteiger charge is 2.19. The zero-order valence-corrected chi connectivity index (χ0v) is 8.29. The molecule has 0 bridgehead atoms. The lowest BCUT2D eigenvalue weighted by Gasteiger charge is -2.26. The Morgan fingerprint density at radius 1 is 1.43 bits per heavy atom. The van der Waals surface area contributed by atoms with Gasteiger partial charge >= 0.3 is 6.09 Å². The fourth-order valence-corrected chi connectivity index (χ4v) is 1.88. The van der Waals surface area contributed by atoms with Gasteiger partial charge in [0.1, 0.15) is 0 Å². The summed E-state index contributed by atoms with van der Waals surface area (Å²) >= 11 is 5.85. The minimum absolute atomic E-state index is 0.474. The number of carbonyl (C=O) groups is 1. The van der Waals surface area contributed by atoms with Crippen molar-refractivity contribution in [2.75, 3.05) is 6.54 Å². The molecule has 14 heavy (non-hydrogen) atoms. The molecular formula is C10H10ClNO2. The van der Waals surface area contributed by atoms with Crippen LogP contribution in [0.25, 0.3) is 0 Å². The number of amides is 1. The number of rotatable bonds is 0. The van der Waals surface area contributed by atoms with E-state index in [9.17, 15) is 4.79 Å². The van der Waals surface area contributed by atoms with E-state index in [0.717, 1.165) is 17.5 Å². The smallest absolute Gasteiger partial charge is 0.407 e. The van der Waals surface area contributed by atoms with Crippen LogP contribution in [0, 0.1) is 0 Å². The van der Waals surface area contributed by atoms with Gasteiger partial charge in [-0.3, -0.25) is 0 Å². The van der Waals surface area contributed by atoms with E-state index < -0.39 is 6.09 Å². The first kappa shape index (κ1) is 9.34. The van der Waals surface area contributed by atoms with Gasteiger partial charge in [0.15, 0.2) is 0 Å². The highest BCUT2D eigenvalue weighted by Crippen LogP contribution is 2.22. The Bertz CT molecular complexity index is 378. The molecule has 1 N–H and O–H groups in total. The van der Waals surface area contributed by atoms with Gasteiger partial charge in [0.2, 0.25) is 0 Å². The molecule has 1 aliphatic heterocycles. The quantitative estimate of drug-likeness (QED) is 0.716. The molecule has 2 rings (SSSR count). The molecule has 0 spiro atoms. The zero-order chi connectivity index (χ0) is 10.1. The minimum Gasteiger partial charge on any atom is -0.465 e. The fraction of sp³-hybridized carbons (Fsp3) is 0.300. The third-order valence-electron chi connectivity index (χ3n) is 2.45. The van der Waals surface area contributed by atoms with Crippen molar-refractivity contribution in [2.45, 2.75) is 13.0 Å². The maximum Gasteiger partial charge on any atom is 0.407 e.